The predicted octanol–water partition coefficient (Wildman–Crippen LogP) is 4.76. The van der Waals surface area contributed by atoms with Crippen LogP contribution in [0.2, 0.25) is 0 Å². The maximum absolute atomic E-state index is 8.47. The van der Waals surface area contributed by atoms with Crippen LogP contribution in [0.15, 0.2) is 58.8 Å². The zero-order chi connectivity index (χ0) is 16.6. The Bertz CT molecular complexity index is 828. The summed E-state index contributed by atoms with van der Waals surface area (Å²) in [4.78, 5) is 4.44. The van der Waals surface area contributed by atoms with Crippen molar-refractivity contribution in [3.8, 4) is 6.07 Å². The highest BCUT2D eigenvalue weighted by atomic mass is 32.1. The van der Waals surface area contributed by atoms with Gasteiger partial charge in [-0.2, -0.15) is 5.26 Å². The number of para-hydroxylation sites is 1. The summed E-state index contributed by atoms with van der Waals surface area (Å²) in [5, 5.41) is 20.9. The van der Waals surface area contributed by atoms with Gasteiger partial charge in [0, 0.05) is 13.0 Å². The Labute approximate surface area is 144 Å². The Morgan fingerprint density at radius 2 is 1.88 bits per heavy atom. The summed E-state index contributed by atoms with van der Waals surface area (Å²) in [6.07, 6.45) is 1.48. The van der Waals surface area contributed by atoms with Crippen molar-refractivity contribution < 1.29 is 0 Å². The van der Waals surface area contributed by atoms with Crippen molar-refractivity contribution in [1.29, 1.82) is 5.26 Å². The molecule has 0 unspecified atom stereocenters. The molecule has 0 aliphatic rings. The molecule has 0 atom stereocenters. The highest BCUT2D eigenvalue weighted by Crippen LogP contribution is 2.29. The van der Waals surface area contributed by atoms with Gasteiger partial charge < -0.3 is 5.32 Å². The van der Waals surface area contributed by atoms with Crippen LogP contribution in [0.5, 0.6) is 0 Å². The highest BCUT2D eigenvalue weighted by Gasteiger charge is 2.01. The van der Waals surface area contributed by atoms with Gasteiger partial charge in [0.2, 0.25) is 5.13 Å². The van der Waals surface area contributed by atoms with Gasteiger partial charge in [0.1, 0.15) is 0 Å². The van der Waals surface area contributed by atoms with Gasteiger partial charge in [-0.05, 0) is 42.8 Å². The first-order chi connectivity index (χ1) is 11.8. The van der Waals surface area contributed by atoms with Crippen LogP contribution >= 0.6 is 11.3 Å². The average Bonchev–Trinajstić information content (AvgIpc) is 3.04. The molecule has 6 heteroatoms. The topological polar surface area (TPSA) is 73.4 Å². The van der Waals surface area contributed by atoms with Crippen molar-refractivity contribution in [1.82, 2.24) is 10.3 Å². The van der Waals surface area contributed by atoms with E-state index in [2.05, 4.69) is 38.7 Å². The van der Waals surface area contributed by atoms with Crippen LogP contribution in [0.25, 0.3) is 10.2 Å². The van der Waals surface area contributed by atoms with Crippen LogP contribution in [0, 0.1) is 11.3 Å². The van der Waals surface area contributed by atoms with Gasteiger partial charge in [-0.3, -0.25) is 0 Å². The van der Waals surface area contributed by atoms with Crippen molar-refractivity contribution in [2.24, 2.45) is 10.2 Å². The number of rotatable bonds is 7. The molecule has 1 aromatic heterocycles. The molecule has 0 aliphatic carbocycles. The van der Waals surface area contributed by atoms with Crippen molar-refractivity contribution in [3.05, 3.63) is 54.1 Å². The van der Waals surface area contributed by atoms with E-state index in [1.54, 1.807) is 0 Å². The Kier molecular flexibility index (Phi) is 5.61. The van der Waals surface area contributed by atoms with Crippen LogP contribution in [-0.4, -0.2) is 18.1 Å². The molecule has 0 saturated carbocycles. The van der Waals surface area contributed by atoms with E-state index in [0.717, 1.165) is 35.4 Å². The normalized spacial score (nSPS) is 11.1. The van der Waals surface area contributed by atoms with Gasteiger partial charge in [0.05, 0.1) is 22.0 Å². The summed E-state index contributed by atoms with van der Waals surface area (Å²) in [6, 6.07) is 18.1. The molecule has 24 heavy (non-hydrogen) atoms. The number of hydrogen-bond donors (Lipinski definition) is 1. The Balaban J connectivity index is 1.56. The number of nitrogens with zero attached hydrogens (tertiary/aromatic N) is 4. The summed E-state index contributed by atoms with van der Waals surface area (Å²) < 4.78 is 1.12. The zero-order valence-corrected chi connectivity index (χ0v) is 14.0. The first-order valence-corrected chi connectivity index (χ1v) is 8.61. The van der Waals surface area contributed by atoms with E-state index in [9.17, 15) is 0 Å². The Morgan fingerprint density at radius 1 is 1.04 bits per heavy atom. The number of aromatic nitrogens is 1. The lowest BCUT2D eigenvalue weighted by Gasteiger charge is -2.02. The van der Waals surface area contributed by atoms with Gasteiger partial charge in [0.25, 0.3) is 0 Å². The summed E-state index contributed by atoms with van der Waals surface area (Å²) >= 11 is 1.53. The first kappa shape index (κ1) is 16.2. The Hall–Kier alpha value is -2.62. The highest BCUT2D eigenvalue weighted by molar-refractivity contribution is 7.21. The second-order valence-electron chi connectivity index (χ2n) is 5.24. The van der Waals surface area contributed by atoms with E-state index in [1.807, 2.05) is 36.4 Å². The lowest BCUT2D eigenvalue weighted by Crippen LogP contribution is -2.17. The largest absolute Gasteiger partial charge is 0.315 e. The molecule has 0 bridgehead atoms. The molecule has 0 amide bonds. The monoisotopic (exact) mass is 335 g/mol. The van der Waals surface area contributed by atoms with E-state index in [1.165, 1.54) is 16.9 Å². The molecule has 1 heterocycles. The number of hydrogen-bond acceptors (Lipinski definition) is 6. The molecule has 0 fully saturated rings. The fourth-order valence-electron chi connectivity index (χ4n) is 2.23. The van der Waals surface area contributed by atoms with Crippen molar-refractivity contribution in [2.45, 2.75) is 12.8 Å². The van der Waals surface area contributed by atoms with Crippen LogP contribution in [0.4, 0.5) is 10.8 Å². The molecule has 120 valence electrons. The molecule has 0 saturated heterocycles. The average molecular weight is 335 g/mol. The lowest BCUT2D eigenvalue weighted by atomic mass is 10.1. The number of azo groups is 1. The molecule has 5 nitrogen and oxygen atoms in total. The van der Waals surface area contributed by atoms with E-state index < -0.39 is 0 Å². The second kappa shape index (κ2) is 8.29. The number of thiazole rings is 1. The van der Waals surface area contributed by atoms with Crippen LogP contribution in [0.1, 0.15) is 12.0 Å². The van der Waals surface area contributed by atoms with E-state index in [0.29, 0.717) is 11.6 Å². The smallest absolute Gasteiger partial charge is 0.231 e. The molecule has 3 aromatic rings. The molecule has 0 radical (unpaired) electrons. The van der Waals surface area contributed by atoms with Gasteiger partial charge >= 0.3 is 0 Å². The van der Waals surface area contributed by atoms with E-state index in [4.69, 9.17) is 5.26 Å². The third kappa shape index (κ3) is 4.44. The number of fused-ring (bicyclic) bond motifs is 1. The zero-order valence-electron chi connectivity index (χ0n) is 13.1. The first-order valence-electron chi connectivity index (χ1n) is 7.79. The van der Waals surface area contributed by atoms with Crippen LogP contribution in [0.3, 0.4) is 0 Å². The predicted molar refractivity (Wildman–Crippen MR) is 97.0 cm³/mol. The fourth-order valence-corrected chi connectivity index (χ4v) is 3.02. The maximum Gasteiger partial charge on any atom is 0.231 e. The van der Waals surface area contributed by atoms with E-state index >= 15 is 0 Å². The molecule has 0 aliphatic heterocycles. The maximum atomic E-state index is 8.47. The fraction of sp³-hybridized carbons (Fsp3) is 0.222. The third-order valence-electron chi connectivity index (χ3n) is 3.47. The van der Waals surface area contributed by atoms with Crippen LogP contribution in [-0.2, 0) is 6.42 Å². The summed E-state index contributed by atoms with van der Waals surface area (Å²) in [7, 11) is 0. The number of nitriles is 1. The van der Waals surface area contributed by atoms with Gasteiger partial charge in [-0.15, -0.1) is 10.2 Å². The molecule has 3 rings (SSSR count). The van der Waals surface area contributed by atoms with E-state index in [-0.39, 0.29) is 0 Å². The van der Waals surface area contributed by atoms with Gasteiger partial charge in [-0.25, -0.2) is 4.98 Å². The van der Waals surface area contributed by atoms with Gasteiger partial charge in [-0.1, -0.05) is 35.6 Å². The summed E-state index contributed by atoms with van der Waals surface area (Å²) in [5.74, 6) is 0. The van der Waals surface area contributed by atoms with Crippen molar-refractivity contribution in [3.63, 3.8) is 0 Å². The standard InChI is InChI=1S/C18H17N5S/c19-11-3-12-20-13-10-14-6-8-15(9-7-14)22-23-18-21-16-4-1-2-5-17(16)24-18/h1-2,4-9,20H,3,10,12-13H2. The SMILES string of the molecule is N#CCCNCCc1ccc(N=Nc2nc3ccccc3s2)cc1. The summed E-state index contributed by atoms with van der Waals surface area (Å²) in [5.41, 5.74) is 3.00. The third-order valence-corrected chi connectivity index (χ3v) is 4.39. The Morgan fingerprint density at radius 3 is 2.67 bits per heavy atom. The lowest BCUT2D eigenvalue weighted by molar-refractivity contribution is 0.692. The van der Waals surface area contributed by atoms with Crippen molar-refractivity contribution >= 4 is 32.4 Å². The van der Waals surface area contributed by atoms with Crippen molar-refractivity contribution in [2.75, 3.05) is 13.1 Å². The molecule has 2 aromatic carbocycles. The number of nitrogens with one attached hydrogen (secondary N) is 1. The molecular formula is C18H17N5S. The molecule has 0 spiro atoms. The minimum absolute atomic E-state index is 0.547. The van der Waals surface area contributed by atoms with Gasteiger partial charge in [0.15, 0.2) is 0 Å². The summed E-state index contributed by atoms with van der Waals surface area (Å²) in [6.45, 7) is 1.61. The minimum atomic E-state index is 0.547. The molecular weight excluding hydrogens is 318 g/mol. The second-order valence-corrected chi connectivity index (χ2v) is 6.25. The number of benzene rings is 2. The van der Waals surface area contributed by atoms with Crippen LogP contribution < -0.4 is 5.32 Å². The molecule has 1 N–H and O–H groups in total. The minimum Gasteiger partial charge on any atom is -0.315 e. The quantitative estimate of drug-likeness (QED) is 0.500.